The van der Waals surface area contributed by atoms with Crippen molar-refractivity contribution < 1.29 is 9.53 Å². The van der Waals surface area contributed by atoms with Crippen molar-refractivity contribution in [3.63, 3.8) is 0 Å². The number of carbonyl (C=O) groups excluding carboxylic acids is 1. The van der Waals surface area contributed by atoms with Gasteiger partial charge in [-0.1, -0.05) is 0 Å². The van der Waals surface area contributed by atoms with Crippen molar-refractivity contribution in [3.8, 4) is 0 Å². The average Bonchev–Trinajstić information content (AvgIpc) is 2.86. The number of rotatable bonds is 7. The van der Waals surface area contributed by atoms with Crippen LogP contribution in [0.3, 0.4) is 0 Å². The molecule has 0 atom stereocenters. The van der Waals surface area contributed by atoms with Crippen LogP contribution in [0.2, 0.25) is 0 Å². The number of nitrogens with zero attached hydrogens (tertiary/aromatic N) is 2. The minimum Gasteiger partial charge on any atom is -0.383 e. The third kappa shape index (κ3) is 8.54. The number of thiophene rings is 1. The minimum absolute atomic E-state index is 0. The standard InChI is InChI=1S/C14H24N4O2S.HI/c1-11-5-6-12(21-11)9-16-14(15-7-8-20-4)17-10-13(19)18(2)3;/h5-6H,7-10H2,1-4H3,(H2,15,16,17);1H. The van der Waals surface area contributed by atoms with Gasteiger partial charge in [-0.25, -0.2) is 4.99 Å². The highest BCUT2D eigenvalue weighted by atomic mass is 127. The molecule has 0 saturated carbocycles. The van der Waals surface area contributed by atoms with E-state index in [4.69, 9.17) is 4.74 Å². The molecular formula is C14H25IN4O2S. The second kappa shape index (κ2) is 11.7. The summed E-state index contributed by atoms with van der Waals surface area (Å²) in [5.74, 6) is 0.586. The number of nitrogens with one attached hydrogen (secondary N) is 2. The van der Waals surface area contributed by atoms with Crippen molar-refractivity contribution in [2.24, 2.45) is 4.99 Å². The molecule has 0 saturated heterocycles. The maximum absolute atomic E-state index is 11.6. The van der Waals surface area contributed by atoms with Gasteiger partial charge < -0.3 is 20.3 Å². The Labute approximate surface area is 153 Å². The number of likely N-dealkylation sites (N-methyl/N-ethyl adjacent to an activating group) is 1. The van der Waals surface area contributed by atoms with E-state index in [9.17, 15) is 4.79 Å². The van der Waals surface area contributed by atoms with Crippen LogP contribution in [0, 0.1) is 6.92 Å². The molecule has 0 aliphatic carbocycles. The quantitative estimate of drug-likeness (QED) is 0.292. The first-order valence-corrected chi connectivity index (χ1v) is 7.61. The van der Waals surface area contributed by atoms with Crippen molar-refractivity contribution in [1.82, 2.24) is 15.5 Å². The smallest absolute Gasteiger partial charge is 0.243 e. The van der Waals surface area contributed by atoms with E-state index in [2.05, 4.69) is 34.7 Å². The second-order valence-corrected chi connectivity index (χ2v) is 6.11. The molecule has 0 aliphatic heterocycles. The first-order valence-electron chi connectivity index (χ1n) is 6.79. The molecule has 1 aromatic rings. The van der Waals surface area contributed by atoms with Crippen molar-refractivity contribution >= 4 is 47.2 Å². The van der Waals surface area contributed by atoms with Gasteiger partial charge >= 0.3 is 0 Å². The average molecular weight is 440 g/mol. The molecule has 1 rings (SSSR count). The Hall–Kier alpha value is -0.870. The maximum atomic E-state index is 11.6. The molecule has 0 bridgehead atoms. The van der Waals surface area contributed by atoms with Crippen LogP contribution in [0.4, 0.5) is 0 Å². The molecule has 0 aliphatic rings. The van der Waals surface area contributed by atoms with E-state index >= 15 is 0 Å². The molecule has 126 valence electrons. The summed E-state index contributed by atoms with van der Waals surface area (Å²) in [7, 11) is 5.09. The molecule has 22 heavy (non-hydrogen) atoms. The lowest BCUT2D eigenvalue weighted by atomic mass is 10.4. The fourth-order valence-electron chi connectivity index (χ4n) is 1.48. The Balaban J connectivity index is 0.00000441. The van der Waals surface area contributed by atoms with E-state index < -0.39 is 0 Å². The zero-order valence-electron chi connectivity index (χ0n) is 13.5. The molecule has 0 spiro atoms. The third-order valence-electron chi connectivity index (χ3n) is 2.70. The van der Waals surface area contributed by atoms with E-state index in [0.717, 1.165) is 0 Å². The molecule has 0 unspecified atom stereocenters. The van der Waals surface area contributed by atoms with E-state index in [1.807, 2.05) is 0 Å². The number of carbonyl (C=O) groups is 1. The van der Waals surface area contributed by atoms with Crippen LogP contribution in [-0.4, -0.2) is 57.7 Å². The monoisotopic (exact) mass is 440 g/mol. The number of amides is 1. The van der Waals surface area contributed by atoms with Gasteiger partial charge in [0.05, 0.1) is 13.2 Å². The Kier molecular flexibility index (Phi) is 11.2. The zero-order valence-corrected chi connectivity index (χ0v) is 16.7. The number of halogens is 1. The largest absolute Gasteiger partial charge is 0.383 e. The first-order chi connectivity index (χ1) is 10.0. The van der Waals surface area contributed by atoms with Crippen LogP contribution >= 0.6 is 35.3 Å². The number of hydrogen-bond acceptors (Lipinski definition) is 4. The number of aryl methyl sites for hydroxylation is 1. The summed E-state index contributed by atoms with van der Waals surface area (Å²) in [6, 6.07) is 4.18. The fraction of sp³-hybridized carbons (Fsp3) is 0.571. The zero-order chi connectivity index (χ0) is 15.7. The summed E-state index contributed by atoms with van der Waals surface area (Å²) >= 11 is 1.74. The SMILES string of the molecule is COCCNC(=NCC(=O)N(C)C)NCc1ccc(C)s1.I. The normalized spacial score (nSPS) is 10.8. The number of guanidine groups is 1. The van der Waals surface area contributed by atoms with Gasteiger partial charge in [0.1, 0.15) is 6.54 Å². The third-order valence-corrected chi connectivity index (χ3v) is 3.70. The van der Waals surface area contributed by atoms with Gasteiger partial charge in [0.25, 0.3) is 0 Å². The predicted octanol–water partition coefficient (Wildman–Crippen LogP) is 1.44. The molecule has 8 heteroatoms. The summed E-state index contributed by atoms with van der Waals surface area (Å²) in [5.41, 5.74) is 0. The summed E-state index contributed by atoms with van der Waals surface area (Å²) < 4.78 is 5.00. The van der Waals surface area contributed by atoms with Crippen LogP contribution in [0.15, 0.2) is 17.1 Å². The van der Waals surface area contributed by atoms with Gasteiger partial charge in [-0.2, -0.15) is 0 Å². The number of aliphatic imine (C=N–C) groups is 1. The summed E-state index contributed by atoms with van der Waals surface area (Å²) in [5, 5.41) is 6.37. The van der Waals surface area contributed by atoms with Crippen molar-refractivity contribution in [2.75, 3.05) is 40.9 Å². The number of ether oxygens (including phenoxy) is 1. The van der Waals surface area contributed by atoms with Crippen LogP contribution < -0.4 is 10.6 Å². The summed E-state index contributed by atoms with van der Waals surface area (Å²) in [4.78, 5) is 19.9. The fourth-order valence-corrected chi connectivity index (χ4v) is 2.31. The van der Waals surface area contributed by atoms with Gasteiger partial charge in [0.15, 0.2) is 5.96 Å². The second-order valence-electron chi connectivity index (χ2n) is 4.74. The van der Waals surface area contributed by atoms with Crippen molar-refractivity contribution in [1.29, 1.82) is 0 Å². The minimum atomic E-state index is -0.0326. The molecular weight excluding hydrogens is 415 g/mol. The van der Waals surface area contributed by atoms with E-state index in [1.165, 1.54) is 14.7 Å². The first kappa shape index (κ1) is 21.1. The summed E-state index contributed by atoms with van der Waals surface area (Å²) in [6.07, 6.45) is 0. The molecule has 1 amide bonds. The highest BCUT2D eigenvalue weighted by Gasteiger charge is 2.05. The van der Waals surface area contributed by atoms with E-state index in [-0.39, 0.29) is 36.4 Å². The Morgan fingerprint density at radius 3 is 2.64 bits per heavy atom. The molecule has 1 aromatic heterocycles. The van der Waals surface area contributed by atoms with Crippen LogP contribution in [0.1, 0.15) is 9.75 Å². The number of methoxy groups -OCH3 is 1. The lowest BCUT2D eigenvalue weighted by molar-refractivity contribution is -0.127. The van der Waals surface area contributed by atoms with Crippen molar-refractivity contribution in [2.45, 2.75) is 13.5 Å². The Morgan fingerprint density at radius 2 is 2.09 bits per heavy atom. The van der Waals surface area contributed by atoms with Crippen LogP contribution in [0.5, 0.6) is 0 Å². The predicted molar refractivity (Wildman–Crippen MR) is 102 cm³/mol. The lowest BCUT2D eigenvalue weighted by Crippen LogP contribution is -2.39. The van der Waals surface area contributed by atoms with Gasteiger partial charge in [0, 0.05) is 37.5 Å². The highest BCUT2D eigenvalue weighted by Crippen LogP contribution is 2.14. The number of hydrogen-bond donors (Lipinski definition) is 2. The molecule has 6 nitrogen and oxygen atoms in total. The molecule has 0 fully saturated rings. The van der Waals surface area contributed by atoms with Crippen LogP contribution in [0.25, 0.3) is 0 Å². The highest BCUT2D eigenvalue weighted by molar-refractivity contribution is 14.0. The lowest BCUT2D eigenvalue weighted by Gasteiger charge is -2.13. The van der Waals surface area contributed by atoms with E-state index in [0.29, 0.717) is 25.7 Å². The maximum Gasteiger partial charge on any atom is 0.243 e. The van der Waals surface area contributed by atoms with Gasteiger partial charge in [-0.3, -0.25) is 4.79 Å². The Bertz CT molecular complexity index is 477. The Morgan fingerprint density at radius 1 is 1.36 bits per heavy atom. The molecule has 2 N–H and O–H groups in total. The molecule has 0 aromatic carbocycles. The topological polar surface area (TPSA) is 66.0 Å². The van der Waals surface area contributed by atoms with E-state index in [1.54, 1.807) is 32.5 Å². The van der Waals surface area contributed by atoms with Gasteiger partial charge in [-0.15, -0.1) is 35.3 Å². The van der Waals surface area contributed by atoms with Gasteiger partial charge in [0.2, 0.25) is 5.91 Å². The van der Waals surface area contributed by atoms with Crippen LogP contribution in [-0.2, 0) is 16.1 Å². The molecule has 0 radical (unpaired) electrons. The molecule has 1 heterocycles. The van der Waals surface area contributed by atoms with Gasteiger partial charge in [-0.05, 0) is 19.1 Å². The summed E-state index contributed by atoms with van der Waals surface area (Å²) in [6.45, 7) is 4.12. The van der Waals surface area contributed by atoms with Crippen molar-refractivity contribution in [3.05, 3.63) is 21.9 Å².